The van der Waals surface area contributed by atoms with Crippen LogP contribution >= 0.6 is 23.2 Å². The number of aromatic nitrogens is 1. The lowest BCUT2D eigenvalue weighted by Crippen LogP contribution is -2.19. The molecule has 1 aromatic heterocycles. The molecule has 2 N–H and O–H groups in total. The molecule has 0 saturated heterocycles. The van der Waals surface area contributed by atoms with E-state index in [1.165, 1.54) is 12.3 Å². The van der Waals surface area contributed by atoms with Crippen LogP contribution in [0.15, 0.2) is 35.0 Å². The third-order valence-electron chi connectivity index (χ3n) is 1.88. The Morgan fingerprint density at radius 3 is 2.47 bits per heavy atom. The normalized spacial score (nSPS) is 10.0. The summed E-state index contributed by atoms with van der Waals surface area (Å²) in [4.78, 5) is 11.6. The molecule has 88 valence electrons. The Kier molecular flexibility index (Phi) is 3.51. The first kappa shape index (κ1) is 11.8. The third kappa shape index (κ3) is 2.89. The molecule has 17 heavy (non-hydrogen) atoms. The van der Waals surface area contributed by atoms with E-state index >= 15 is 0 Å². The molecule has 2 amide bonds. The fraction of sp³-hybridized carbons (Fsp3) is 0. The standard InChI is InChI=1S/C10H7Cl2N3O2/c11-6-2-1-3-7(12)9(6)15-10(16)14-8-4-5-13-17-8/h1-5H,(H2,14,15,16). The molecule has 0 bridgehead atoms. The zero-order chi connectivity index (χ0) is 12.3. The van der Waals surface area contributed by atoms with Crippen LogP contribution in [0.5, 0.6) is 0 Å². The highest BCUT2D eigenvalue weighted by Crippen LogP contribution is 2.29. The second kappa shape index (κ2) is 5.07. The zero-order valence-corrected chi connectivity index (χ0v) is 9.92. The highest BCUT2D eigenvalue weighted by molar-refractivity contribution is 6.39. The van der Waals surface area contributed by atoms with Crippen molar-refractivity contribution >= 4 is 40.8 Å². The summed E-state index contributed by atoms with van der Waals surface area (Å²) in [6.07, 6.45) is 1.41. The number of hydrogen-bond acceptors (Lipinski definition) is 3. The summed E-state index contributed by atoms with van der Waals surface area (Å²) in [5.74, 6) is 0.227. The minimum Gasteiger partial charge on any atom is -0.338 e. The predicted molar refractivity (Wildman–Crippen MR) is 65.6 cm³/mol. The molecule has 0 atom stereocenters. The van der Waals surface area contributed by atoms with Gasteiger partial charge in [-0.3, -0.25) is 5.32 Å². The lowest BCUT2D eigenvalue weighted by Gasteiger charge is -2.08. The van der Waals surface area contributed by atoms with Gasteiger partial charge < -0.3 is 9.84 Å². The maximum Gasteiger partial charge on any atom is 0.326 e. The molecule has 0 aliphatic carbocycles. The van der Waals surface area contributed by atoms with Crippen LogP contribution in [0.4, 0.5) is 16.4 Å². The average Bonchev–Trinajstić information content (AvgIpc) is 2.76. The van der Waals surface area contributed by atoms with Crippen LogP contribution in [-0.4, -0.2) is 11.2 Å². The van der Waals surface area contributed by atoms with E-state index in [4.69, 9.17) is 27.7 Å². The number of para-hydroxylation sites is 1. The summed E-state index contributed by atoms with van der Waals surface area (Å²) >= 11 is 11.8. The van der Waals surface area contributed by atoms with Crippen molar-refractivity contribution in [3.8, 4) is 0 Å². The van der Waals surface area contributed by atoms with Crippen molar-refractivity contribution in [3.63, 3.8) is 0 Å². The van der Waals surface area contributed by atoms with E-state index in [0.717, 1.165) is 0 Å². The molecular weight excluding hydrogens is 265 g/mol. The topological polar surface area (TPSA) is 67.2 Å². The van der Waals surface area contributed by atoms with Crippen LogP contribution in [0.2, 0.25) is 10.0 Å². The molecule has 0 spiro atoms. The number of carbonyl (C=O) groups excluding carboxylic acids is 1. The summed E-state index contributed by atoms with van der Waals surface area (Å²) in [6.45, 7) is 0. The van der Waals surface area contributed by atoms with Crippen LogP contribution in [-0.2, 0) is 0 Å². The van der Waals surface area contributed by atoms with Crippen LogP contribution in [0.1, 0.15) is 0 Å². The molecule has 0 aliphatic rings. The molecule has 0 radical (unpaired) electrons. The lowest BCUT2D eigenvalue weighted by atomic mass is 10.3. The molecule has 0 unspecified atom stereocenters. The van der Waals surface area contributed by atoms with E-state index in [2.05, 4.69) is 15.8 Å². The van der Waals surface area contributed by atoms with E-state index in [0.29, 0.717) is 15.7 Å². The van der Waals surface area contributed by atoms with Crippen molar-refractivity contribution in [1.82, 2.24) is 5.16 Å². The quantitative estimate of drug-likeness (QED) is 0.877. The molecule has 0 aliphatic heterocycles. The Labute approximate surface area is 107 Å². The van der Waals surface area contributed by atoms with E-state index in [9.17, 15) is 4.79 Å². The van der Waals surface area contributed by atoms with Gasteiger partial charge in [-0.05, 0) is 12.1 Å². The third-order valence-corrected chi connectivity index (χ3v) is 2.51. The molecule has 5 nitrogen and oxygen atoms in total. The van der Waals surface area contributed by atoms with Gasteiger partial charge in [-0.15, -0.1) is 0 Å². The Hall–Kier alpha value is -1.72. The zero-order valence-electron chi connectivity index (χ0n) is 8.41. The summed E-state index contributed by atoms with van der Waals surface area (Å²) in [5.41, 5.74) is 0.341. The minimum absolute atomic E-state index is 0.227. The van der Waals surface area contributed by atoms with Gasteiger partial charge in [-0.25, -0.2) is 4.79 Å². The molecule has 0 fully saturated rings. The largest absolute Gasteiger partial charge is 0.338 e. The van der Waals surface area contributed by atoms with Gasteiger partial charge in [-0.2, -0.15) is 0 Å². The second-order valence-corrected chi connectivity index (χ2v) is 3.87. The SMILES string of the molecule is O=C(Nc1ccno1)Nc1c(Cl)cccc1Cl. The number of carbonyl (C=O) groups is 1. The maximum absolute atomic E-state index is 11.6. The number of anilines is 2. The number of nitrogens with one attached hydrogen (secondary N) is 2. The van der Waals surface area contributed by atoms with Crippen molar-refractivity contribution < 1.29 is 9.32 Å². The van der Waals surface area contributed by atoms with Gasteiger partial charge in [0, 0.05) is 6.07 Å². The van der Waals surface area contributed by atoms with Gasteiger partial charge >= 0.3 is 6.03 Å². The smallest absolute Gasteiger partial charge is 0.326 e. The van der Waals surface area contributed by atoms with Crippen LogP contribution < -0.4 is 10.6 Å². The molecule has 0 saturated carbocycles. The highest BCUT2D eigenvalue weighted by Gasteiger charge is 2.10. The number of halogens is 2. The molecular formula is C10H7Cl2N3O2. The van der Waals surface area contributed by atoms with Gasteiger partial charge in [0.15, 0.2) is 0 Å². The van der Waals surface area contributed by atoms with E-state index in [-0.39, 0.29) is 5.88 Å². The lowest BCUT2D eigenvalue weighted by molar-refractivity contribution is 0.261. The van der Waals surface area contributed by atoms with Crippen LogP contribution in [0.3, 0.4) is 0 Å². The Morgan fingerprint density at radius 1 is 1.18 bits per heavy atom. The highest BCUT2D eigenvalue weighted by atomic mass is 35.5. The summed E-state index contributed by atoms with van der Waals surface area (Å²) in [5, 5.41) is 9.10. The van der Waals surface area contributed by atoms with Crippen molar-refractivity contribution in [1.29, 1.82) is 0 Å². The van der Waals surface area contributed by atoms with Crippen LogP contribution in [0, 0.1) is 0 Å². The molecule has 2 rings (SSSR count). The average molecular weight is 272 g/mol. The summed E-state index contributed by atoms with van der Waals surface area (Å²) in [7, 11) is 0. The summed E-state index contributed by atoms with van der Waals surface area (Å²) < 4.78 is 4.71. The Balaban J connectivity index is 2.08. The van der Waals surface area contributed by atoms with Crippen LogP contribution in [0.25, 0.3) is 0 Å². The number of amides is 2. The molecule has 2 aromatic rings. The molecule has 7 heteroatoms. The molecule has 1 heterocycles. The van der Waals surface area contributed by atoms with Gasteiger partial charge in [0.05, 0.1) is 21.9 Å². The molecule has 1 aromatic carbocycles. The fourth-order valence-electron chi connectivity index (χ4n) is 1.15. The van der Waals surface area contributed by atoms with Gasteiger partial charge in [-0.1, -0.05) is 34.4 Å². The first-order valence-corrected chi connectivity index (χ1v) is 5.35. The number of nitrogens with zero attached hydrogens (tertiary/aromatic N) is 1. The number of hydrogen-bond donors (Lipinski definition) is 2. The Bertz CT molecular complexity index is 508. The van der Waals surface area contributed by atoms with Crippen molar-refractivity contribution in [2.75, 3.05) is 10.6 Å². The first-order valence-electron chi connectivity index (χ1n) is 4.59. The monoisotopic (exact) mass is 271 g/mol. The summed E-state index contributed by atoms with van der Waals surface area (Å²) in [6, 6.07) is 5.92. The number of rotatable bonds is 2. The van der Waals surface area contributed by atoms with Crippen molar-refractivity contribution in [3.05, 3.63) is 40.5 Å². The van der Waals surface area contributed by atoms with E-state index in [1.54, 1.807) is 18.2 Å². The predicted octanol–water partition coefficient (Wildman–Crippen LogP) is 3.63. The Morgan fingerprint density at radius 2 is 1.88 bits per heavy atom. The second-order valence-electron chi connectivity index (χ2n) is 3.05. The van der Waals surface area contributed by atoms with Gasteiger partial charge in [0.1, 0.15) is 0 Å². The van der Waals surface area contributed by atoms with Crippen molar-refractivity contribution in [2.24, 2.45) is 0 Å². The van der Waals surface area contributed by atoms with Gasteiger partial charge in [0.2, 0.25) is 5.88 Å². The van der Waals surface area contributed by atoms with E-state index < -0.39 is 6.03 Å². The van der Waals surface area contributed by atoms with Gasteiger partial charge in [0.25, 0.3) is 0 Å². The van der Waals surface area contributed by atoms with Crippen molar-refractivity contribution in [2.45, 2.75) is 0 Å². The fourth-order valence-corrected chi connectivity index (χ4v) is 1.65. The minimum atomic E-state index is -0.517. The first-order chi connectivity index (χ1) is 8.16. The number of urea groups is 1. The number of benzene rings is 1. The van der Waals surface area contributed by atoms with E-state index in [1.807, 2.05) is 0 Å². The maximum atomic E-state index is 11.6.